The van der Waals surface area contributed by atoms with Crippen molar-refractivity contribution in [1.82, 2.24) is 14.7 Å². The molecule has 1 aromatic heterocycles. The Kier molecular flexibility index (Phi) is 5.25. The molecule has 0 unspecified atom stereocenters. The van der Waals surface area contributed by atoms with Crippen LogP contribution >= 0.6 is 11.6 Å². The van der Waals surface area contributed by atoms with Gasteiger partial charge in [0.15, 0.2) is 0 Å². The van der Waals surface area contributed by atoms with Crippen LogP contribution in [0.5, 0.6) is 0 Å². The van der Waals surface area contributed by atoms with Crippen LogP contribution in [0.25, 0.3) is 0 Å². The molecule has 128 valence electrons. The van der Waals surface area contributed by atoms with Crippen molar-refractivity contribution < 1.29 is 13.2 Å². The highest BCUT2D eigenvalue weighted by atomic mass is 35.5. The number of nitrogens with one attached hydrogen (secondary N) is 3. The van der Waals surface area contributed by atoms with Gasteiger partial charge in [0.25, 0.3) is 0 Å². The third-order valence-corrected chi connectivity index (χ3v) is 4.13. The third-order valence-electron chi connectivity index (χ3n) is 2.89. The summed E-state index contributed by atoms with van der Waals surface area (Å²) in [6.07, 6.45) is 0. The van der Waals surface area contributed by atoms with E-state index in [-0.39, 0.29) is 16.7 Å². The first-order chi connectivity index (χ1) is 11.2. The van der Waals surface area contributed by atoms with Crippen molar-refractivity contribution in [2.45, 2.75) is 20.8 Å². The van der Waals surface area contributed by atoms with Gasteiger partial charge in [-0.05, 0) is 38.5 Å². The van der Waals surface area contributed by atoms with E-state index < -0.39 is 16.2 Å². The number of amides is 2. The van der Waals surface area contributed by atoms with Crippen LogP contribution in [0.2, 0.25) is 5.02 Å². The van der Waals surface area contributed by atoms with E-state index >= 15 is 0 Å². The number of carbonyl (C=O) groups excluding carboxylic acids is 1. The van der Waals surface area contributed by atoms with Gasteiger partial charge in [-0.2, -0.15) is 8.42 Å². The van der Waals surface area contributed by atoms with E-state index in [4.69, 9.17) is 11.6 Å². The third kappa shape index (κ3) is 4.80. The summed E-state index contributed by atoms with van der Waals surface area (Å²) in [7, 11) is -4.17. The molecular formula is C14H16ClN5O3S. The molecule has 2 amide bonds. The summed E-state index contributed by atoms with van der Waals surface area (Å²) >= 11 is 5.96. The van der Waals surface area contributed by atoms with Crippen molar-refractivity contribution in [3.8, 4) is 0 Å². The molecule has 0 saturated carbocycles. The van der Waals surface area contributed by atoms with E-state index in [2.05, 4.69) is 20.0 Å². The molecule has 24 heavy (non-hydrogen) atoms. The fraction of sp³-hybridized carbons (Fsp3) is 0.214. The van der Waals surface area contributed by atoms with Crippen molar-refractivity contribution in [2.75, 3.05) is 10.0 Å². The summed E-state index contributed by atoms with van der Waals surface area (Å²) in [5.74, 6) is 0.00845. The van der Waals surface area contributed by atoms with E-state index in [1.807, 2.05) is 4.72 Å². The lowest BCUT2D eigenvalue weighted by Gasteiger charge is -2.13. The minimum absolute atomic E-state index is 0.00845. The number of para-hydroxylation sites is 1. The lowest BCUT2D eigenvalue weighted by molar-refractivity contribution is 0.256. The van der Waals surface area contributed by atoms with Crippen LogP contribution < -0.4 is 14.8 Å². The van der Waals surface area contributed by atoms with E-state index in [1.165, 1.54) is 6.07 Å². The maximum atomic E-state index is 12.1. The van der Waals surface area contributed by atoms with Crippen LogP contribution in [-0.4, -0.2) is 24.4 Å². The Morgan fingerprint density at radius 1 is 1.12 bits per heavy atom. The number of carbonyl (C=O) groups is 1. The smallest absolute Gasteiger partial charge is 0.275 e. The number of halogens is 1. The summed E-state index contributed by atoms with van der Waals surface area (Å²) in [6.45, 7) is 5.15. The molecule has 3 N–H and O–H groups in total. The van der Waals surface area contributed by atoms with Gasteiger partial charge in [-0.15, -0.1) is 0 Å². The number of urea groups is 1. The standard InChI is InChI=1S/C14H16ClN5O3S/c1-8-5-4-6-11(15)12(8)19-24(22,23)20-14(21)18-13-16-9(2)7-10(3)17-13/h4-7,19H,1-3H3,(H2,16,17,18,20,21). The zero-order chi connectivity index (χ0) is 17.9. The van der Waals surface area contributed by atoms with Gasteiger partial charge >= 0.3 is 16.2 Å². The Morgan fingerprint density at radius 3 is 2.33 bits per heavy atom. The van der Waals surface area contributed by atoms with Crippen molar-refractivity contribution in [1.29, 1.82) is 0 Å². The zero-order valence-corrected chi connectivity index (χ0v) is 14.8. The lowest BCUT2D eigenvalue weighted by atomic mass is 10.2. The van der Waals surface area contributed by atoms with Gasteiger partial charge in [0, 0.05) is 11.4 Å². The van der Waals surface area contributed by atoms with Gasteiger partial charge in [0.1, 0.15) is 0 Å². The van der Waals surface area contributed by atoms with Crippen LogP contribution in [0.3, 0.4) is 0 Å². The maximum absolute atomic E-state index is 12.1. The molecule has 0 fully saturated rings. The summed E-state index contributed by atoms with van der Waals surface area (Å²) < 4.78 is 28.2. The number of rotatable bonds is 4. The highest BCUT2D eigenvalue weighted by Gasteiger charge is 2.18. The number of aromatic nitrogens is 2. The van der Waals surface area contributed by atoms with Crippen molar-refractivity contribution in [2.24, 2.45) is 0 Å². The van der Waals surface area contributed by atoms with Gasteiger partial charge in [0.2, 0.25) is 5.95 Å². The Bertz CT molecular complexity index is 845. The molecule has 0 radical (unpaired) electrons. The first kappa shape index (κ1) is 18.0. The van der Waals surface area contributed by atoms with Crippen molar-refractivity contribution in [3.05, 3.63) is 46.2 Å². The second-order valence-electron chi connectivity index (χ2n) is 5.07. The lowest BCUT2D eigenvalue weighted by Crippen LogP contribution is -2.38. The number of hydrogen-bond donors (Lipinski definition) is 3. The molecular weight excluding hydrogens is 354 g/mol. The van der Waals surface area contributed by atoms with E-state index in [9.17, 15) is 13.2 Å². The van der Waals surface area contributed by atoms with Gasteiger partial charge < -0.3 is 0 Å². The number of anilines is 2. The average Bonchev–Trinajstić information content (AvgIpc) is 2.41. The van der Waals surface area contributed by atoms with E-state index in [0.29, 0.717) is 17.0 Å². The molecule has 0 aliphatic rings. The summed E-state index contributed by atoms with van der Waals surface area (Å²) in [5.41, 5.74) is 2.10. The SMILES string of the molecule is Cc1cc(C)nc(NC(=O)NS(=O)(=O)Nc2c(C)cccc2Cl)n1. The highest BCUT2D eigenvalue weighted by Crippen LogP contribution is 2.25. The highest BCUT2D eigenvalue weighted by molar-refractivity contribution is 7.91. The molecule has 10 heteroatoms. The number of aryl methyl sites for hydroxylation is 3. The number of nitrogens with zero attached hydrogens (tertiary/aromatic N) is 2. The monoisotopic (exact) mass is 369 g/mol. The molecule has 2 rings (SSSR count). The maximum Gasteiger partial charge on any atom is 0.336 e. The minimum Gasteiger partial charge on any atom is -0.275 e. The van der Waals surface area contributed by atoms with E-state index in [1.54, 1.807) is 39.0 Å². The second-order valence-corrected chi connectivity index (χ2v) is 6.89. The van der Waals surface area contributed by atoms with Gasteiger partial charge in [-0.3, -0.25) is 10.0 Å². The fourth-order valence-electron chi connectivity index (χ4n) is 1.95. The number of benzene rings is 1. The predicted octanol–water partition coefficient (Wildman–Crippen LogP) is 2.53. The second kappa shape index (κ2) is 7.02. The molecule has 1 heterocycles. The van der Waals surface area contributed by atoms with Crippen LogP contribution in [0.15, 0.2) is 24.3 Å². The van der Waals surface area contributed by atoms with Gasteiger partial charge in [0.05, 0.1) is 10.7 Å². The number of hydrogen-bond acceptors (Lipinski definition) is 5. The zero-order valence-electron chi connectivity index (χ0n) is 13.2. The minimum atomic E-state index is -4.17. The molecule has 0 spiro atoms. The van der Waals surface area contributed by atoms with Crippen LogP contribution in [0.4, 0.5) is 16.4 Å². The van der Waals surface area contributed by atoms with Crippen molar-refractivity contribution >= 4 is 39.5 Å². The average molecular weight is 370 g/mol. The predicted molar refractivity (Wildman–Crippen MR) is 92.4 cm³/mol. The summed E-state index contributed by atoms with van der Waals surface area (Å²) in [4.78, 5) is 19.9. The first-order valence-corrected chi connectivity index (χ1v) is 8.71. The molecule has 8 nitrogen and oxygen atoms in total. The van der Waals surface area contributed by atoms with E-state index in [0.717, 1.165) is 0 Å². The Labute approximate surface area is 144 Å². The van der Waals surface area contributed by atoms with Crippen molar-refractivity contribution in [3.63, 3.8) is 0 Å². The van der Waals surface area contributed by atoms with Crippen LogP contribution in [0.1, 0.15) is 17.0 Å². The van der Waals surface area contributed by atoms with Crippen LogP contribution in [0, 0.1) is 20.8 Å². The Balaban J connectivity index is 2.10. The normalized spacial score (nSPS) is 11.0. The molecule has 0 aliphatic heterocycles. The topological polar surface area (TPSA) is 113 Å². The Hall–Kier alpha value is -2.39. The van der Waals surface area contributed by atoms with Gasteiger partial charge in [-0.25, -0.2) is 19.5 Å². The quantitative estimate of drug-likeness (QED) is 0.766. The molecule has 0 aliphatic carbocycles. The Morgan fingerprint density at radius 2 is 1.75 bits per heavy atom. The molecule has 0 saturated heterocycles. The van der Waals surface area contributed by atoms with Crippen LogP contribution in [-0.2, 0) is 10.2 Å². The molecule has 1 aromatic carbocycles. The first-order valence-electron chi connectivity index (χ1n) is 6.85. The summed E-state index contributed by atoms with van der Waals surface area (Å²) in [6, 6.07) is 5.65. The molecule has 0 bridgehead atoms. The van der Waals surface area contributed by atoms with Gasteiger partial charge in [-0.1, -0.05) is 23.7 Å². The summed E-state index contributed by atoms with van der Waals surface area (Å²) in [5, 5.41) is 2.49. The fourth-order valence-corrected chi connectivity index (χ4v) is 3.16. The largest absolute Gasteiger partial charge is 0.336 e. The molecule has 0 atom stereocenters. The molecule has 2 aromatic rings.